The molecule has 1 atom stereocenters. The standard InChI is InChI=1S/C7H11N3O2/c8-5-2-10-1-4(7(5)12)6(9)3-11/h1-2,6,11H,3,8-9H2,(H,10,12). The molecule has 1 aromatic heterocycles. The summed E-state index contributed by atoms with van der Waals surface area (Å²) in [4.78, 5) is 13.9. The van der Waals surface area contributed by atoms with Crippen molar-refractivity contribution in [2.75, 3.05) is 12.3 Å². The molecule has 0 aliphatic rings. The van der Waals surface area contributed by atoms with E-state index in [1.54, 1.807) is 0 Å². The molecule has 66 valence electrons. The number of H-pyrrole nitrogens is 1. The lowest BCUT2D eigenvalue weighted by molar-refractivity contribution is 0.267. The molecular formula is C7H11N3O2. The molecule has 0 aromatic carbocycles. The van der Waals surface area contributed by atoms with Gasteiger partial charge in [-0.2, -0.15) is 0 Å². The van der Waals surface area contributed by atoms with E-state index in [1.807, 2.05) is 0 Å². The molecule has 0 saturated heterocycles. The maximum atomic E-state index is 11.2. The van der Waals surface area contributed by atoms with Gasteiger partial charge in [-0.15, -0.1) is 0 Å². The minimum absolute atomic E-state index is 0.108. The molecule has 0 aliphatic carbocycles. The number of nitrogens with two attached hydrogens (primary N) is 2. The highest BCUT2D eigenvalue weighted by atomic mass is 16.3. The summed E-state index contributed by atoms with van der Waals surface area (Å²) in [5.74, 6) is 0. The number of aromatic nitrogens is 1. The highest BCUT2D eigenvalue weighted by molar-refractivity contribution is 5.38. The number of hydrogen-bond donors (Lipinski definition) is 4. The van der Waals surface area contributed by atoms with Crippen LogP contribution in [0.5, 0.6) is 0 Å². The Morgan fingerprint density at radius 2 is 2.25 bits per heavy atom. The molecular weight excluding hydrogens is 158 g/mol. The second-order valence-corrected chi connectivity index (χ2v) is 2.48. The minimum atomic E-state index is -0.669. The summed E-state index contributed by atoms with van der Waals surface area (Å²) >= 11 is 0. The molecule has 12 heavy (non-hydrogen) atoms. The highest BCUT2D eigenvalue weighted by Crippen LogP contribution is 2.03. The third-order valence-corrected chi connectivity index (χ3v) is 1.60. The van der Waals surface area contributed by atoms with Crippen LogP contribution in [0.2, 0.25) is 0 Å². The molecule has 1 aromatic rings. The second kappa shape index (κ2) is 3.38. The van der Waals surface area contributed by atoms with Crippen LogP contribution < -0.4 is 16.9 Å². The van der Waals surface area contributed by atoms with Crippen molar-refractivity contribution in [3.8, 4) is 0 Å². The van der Waals surface area contributed by atoms with Crippen molar-refractivity contribution >= 4 is 5.69 Å². The lowest BCUT2D eigenvalue weighted by Crippen LogP contribution is -2.24. The van der Waals surface area contributed by atoms with Crippen LogP contribution in [-0.2, 0) is 0 Å². The van der Waals surface area contributed by atoms with E-state index < -0.39 is 6.04 Å². The van der Waals surface area contributed by atoms with E-state index in [2.05, 4.69) is 4.98 Å². The molecule has 0 spiro atoms. The predicted octanol–water partition coefficient (Wildman–Crippen LogP) is -1.05. The summed E-state index contributed by atoms with van der Waals surface area (Å²) in [5, 5.41) is 8.68. The number of aliphatic hydroxyl groups is 1. The first-order valence-electron chi connectivity index (χ1n) is 3.49. The van der Waals surface area contributed by atoms with Crippen LogP contribution in [-0.4, -0.2) is 16.7 Å². The Bertz CT molecular complexity index is 321. The van der Waals surface area contributed by atoms with Gasteiger partial charge in [0.15, 0.2) is 0 Å². The average Bonchev–Trinajstić information content (AvgIpc) is 2.08. The lowest BCUT2D eigenvalue weighted by atomic mass is 10.1. The van der Waals surface area contributed by atoms with Crippen molar-refractivity contribution in [1.29, 1.82) is 0 Å². The quantitative estimate of drug-likeness (QED) is 0.453. The first-order valence-corrected chi connectivity index (χ1v) is 3.49. The van der Waals surface area contributed by atoms with E-state index in [1.165, 1.54) is 12.4 Å². The Morgan fingerprint density at radius 3 is 2.83 bits per heavy atom. The predicted molar refractivity (Wildman–Crippen MR) is 45.5 cm³/mol. The number of nitrogens with one attached hydrogen (secondary N) is 1. The fraction of sp³-hybridized carbons (Fsp3) is 0.286. The van der Waals surface area contributed by atoms with Crippen molar-refractivity contribution in [1.82, 2.24) is 4.98 Å². The maximum Gasteiger partial charge on any atom is 0.209 e. The smallest absolute Gasteiger partial charge is 0.209 e. The maximum absolute atomic E-state index is 11.2. The molecule has 6 N–H and O–H groups in total. The zero-order valence-corrected chi connectivity index (χ0v) is 6.45. The monoisotopic (exact) mass is 169 g/mol. The van der Waals surface area contributed by atoms with E-state index in [9.17, 15) is 4.79 Å². The zero-order valence-electron chi connectivity index (χ0n) is 6.45. The van der Waals surface area contributed by atoms with E-state index in [0.717, 1.165) is 0 Å². The molecule has 1 unspecified atom stereocenters. The Morgan fingerprint density at radius 1 is 1.58 bits per heavy atom. The molecule has 0 radical (unpaired) electrons. The van der Waals surface area contributed by atoms with Gasteiger partial charge in [-0.25, -0.2) is 0 Å². The molecule has 1 rings (SSSR count). The highest BCUT2D eigenvalue weighted by Gasteiger charge is 2.09. The third-order valence-electron chi connectivity index (χ3n) is 1.60. The lowest BCUT2D eigenvalue weighted by Gasteiger charge is -2.06. The topological polar surface area (TPSA) is 105 Å². The zero-order chi connectivity index (χ0) is 9.14. The number of nitrogen functional groups attached to an aromatic ring is 1. The summed E-state index contributed by atoms with van der Waals surface area (Å²) < 4.78 is 0. The molecule has 5 heteroatoms. The van der Waals surface area contributed by atoms with Gasteiger partial charge < -0.3 is 21.6 Å². The van der Waals surface area contributed by atoms with E-state index in [-0.39, 0.29) is 17.7 Å². The summed E-state index contributed by atoms with van der Waals surface area (Å²) in [6.07, 6.45) is 2.83. The number of rotatable bonds is 2. The summed E-state index contributed by atoms with van der Waals surface area (Å²) in [5.41, 5.74) is 10.9. The van der Waals surface area contributed by atoms with E-state index in [0.29, 0.717) is 5.56 Å². The van der Waals surface area contributed by atoms with E-state index in [4.69, 9.17) is 16.6 Å². The van der Waals surface area contributed by atoms with Gasteiger partial charge in [0.25, 0.3) is 0 Å². The summed E-state index contributed by atoms with van der Waals surface area (Å²) in [7, 11) is 0. The number of anilines is 1. The number of hydrogen-bond acceptors (Lipinski definition) is 4. The van der Waals surface area contributed by atoms with Crippen LogP contribution >= 0.6 is 0 Å². The van der Waals surface area contributed by atoms with Crippen LogP contribution in [0, 0.1) is 0 Å². The van der Waals surface area contributed by atoms with Gasteiger partial charge >= 0.3 is 0 Å². The summed E-state index contributed by atoms with van der Waals surface area (Å²) in [6.45, 7) is -0.271. The van der Waals surface area contributed by atoms with Crippen molar-refractivity contribution in [3.63, 3.8) is 0 Å². The molecule has 0 fully saturated rings. The normalized spacial score (nSPS) is 12.8. The van der Waals surface area contributed by atoms with Gasteiger partial charge in [-0.05, 0) is 0 Å². The Hall–Kier alpha value is -1.33. The van der Waals surface area contributed by atoms with Crippen LogP contribution in [0.1, 0.15) is 11.6 Å². The SMILES string of the molecule is Nc1c[nH]cc(C(N)CO)c1=O. The number of pyridine rings is 1. The Balaban J connectivity index is 3.17. The summed E-state index contributed by atoms with van der Waals surface area (Å²) in [6, 6.07) is -0.669. The van der Waals surface area contributed by atoms with Gasteiger partial charge in [0.05, 0.1) is 18.3 Å². The molecule has 1 heterocycles. The number of aliphatic hydroxyl groups excluding tert-OH is 1. The fourth-order valence-electron chi connectivity index (χ4n) is 0.893. The largest absolute Gasteiger partial charge is 0.394 e. The number of aromatic amines is 1. The molecule has 0 saturated carbocycles. The molecule has 5 nitrogen and oxygen atoms in total. The van der Waals surface area contributed by atoms with E-state index >= 15 is 0 Å². The van der Waals surface area contributed by atoms with Crippen LogP contribution in [0.3, 0.4) is 0 Å². The minimum Gasteiger partial charge on any atom is -0.394 e. The van der Waals surface area contributed by atoms with Crippen LogP contribution in [0.25, 0.3) is 0 Å². The van der Waals surface area contributed by atoms with Gasteiger partial charge in [0.2, 0.25) is 5.43 Å². The van der Waals surface area contributed by atoms with Crippen molar-refractivity contribution < 1.29 is 5.11 Å². The van der Waals surface area contributed by atoms with Crippen molar-refractivity contribution in [3.05, 3.63) is 28.2 Å². The van der Waals surface area contributed by atoms with Gasteiger partial charge in [-0.1, -0.05) is 0 Å². The van der Waals surface area contributed by atoms with Crippen molar-refractivity contribution in [2.24, 2.45) is 5.73 Å². The van der Waals surface area contributed by atoms with Crippen LogP contribution in [0.15, 0.2) is 17.2 Å². The Labute approximate surface area is 69.0 Å². The molecule has 0 bridgehead atoms. The molecule has 0 aliphatic heterocycles. The average molecular weight is 169 g/mol. The van der Waals surface area contributed by atoms with Crippen molar-refractivity contribution in [2.45, 2.75) is 6.04 Å². The third kappa shape index (κ3) is 1.46. The second-order valence-electron chi connectivity index (χ2n) is 2.48. The van der Waals surface area contributed by atoms with Gasteiger partial charge in [0, 0.05) is 18.0 Å². The molecule has 0 amide bonds. The Kier molecular flexibility index (Phi) is 2.47. The van der Waals surface area contributed by atoms with Crippen LogP contribution in [0.4, 0.5) is 5.69 Å². The van der Waals surface area contributed by atoms with Gasteiger partial charge in [0.1, 0.15) is 0 Å². The van der Waals surface area contributed by atoms with Gasteiger partial charge in [-0.3, -0.25) is 4.79 Å². The first kappa shape index (κ1) is 8.76. The fourth-order valence-corrected chi connectivity index (χ4v) is 0.893. The first-order chi connectivity index (χ1) is 5.66.